The summed E-state index contributed by atoms with van der Waals surface area (Å²) in [5.41, 5.74) is 8.56. The van der Waals surface area contributed by atoms with Gasteiger partial charge in [-0.05, 0) is 40.6 Å². The second-order valence-electron chi connectivity index (χ2n) is 9.58. The molecule has 2 amide bonds. The second kappa shape index (κ2) is 12.3. The molecule has 5 N–H and O–H groups in total. The topological polar surface area (TPSA) is 108 Å². The maximum Gasteiger partial charge on any atom is 0.243 e. The first-order chi connectivity index (χ1) is 19.0. The van der Waals surface area contributed by atoms with E-state index in [0.717, 1.165) is 37.5 Å². The highest BCUT2D eigenvalue weighted by Gasteiger charge is 2.25. The molecule has 1 unspecified atom stereocenters. The number of hydrogen-bond donors (Lipinski definition) is 4. The van der Waals surface area contributed by atoms with E-state index in [2.05, 4.69) is 39.8 Å². The third-order valence-corrected chi connectivity index (χ3v) is 7.91. The van der Waals surface area contributed by atoms with Crippen molar-refractivity contribution in [2.24, 2.45) is 5.73 Å². The van der Waals surface area contributed by atoms with Crippen molar-refractivity contribution in [3.63, 3.8) is 0 Å². The van der Waals surface area contributed by atoms with E-state index in [9.17, 15) is 14.7 Å². The fraction of sp³-hybridized carbons (Fsp3) is 0.226. The van der Waals surface area contributed by atoms with Crippen molar-refractivity contribution in [2.75, 3.05) is 24.5 Å². The first-order valence-electron chi connectivity index (χ1n) is 13.1. The third kappa shape index (κ3) is 6.42. The summed E-state index contributed by atoms with van der Waals surface area (Å²) in [5, 5.41) is 17.7. The van der Waals surface area contributed by atoms with Gasteiger partial charge in [0.1, 0.15) is 6.04 Å². The lowest BCUT2D eigenvalue weighted by atomic mass is 10.0. The number of nitrogens with one attached hydrogen (secondary N) is 2. The number of nitrogens with zero attached hydrogens (tertiary/aromatic N) is 1. The van der Waals surface area contributed by atoms with Crippen molar-refractivity contribution in [2.45, 2.75) is 34.8 Å². The predicted molar refractivity (Wildman–Crippen MR) is 156 cm³/mol. The van der Waals surface area contributed by atoms with E-state index >= 15 is 0 Å². The number of anilines is 2. The molecule has 5 rings (SSSR count). The number of amides is 2. The summed E-state index contributed by atoms with van der Waals surface area (Å²) in [6.45, 7) is 0.536. The first kappa shape index (κ1) is 26.7. The largest absolute Gasteiger partial charge is 0.390 e. The Labute approximate surface area is 232 Å². The molecule has 200 valence electrons. The van der Waals surface area contributed by atoms with Gasteiger partial charge in [-0.2, -0.15) is 0 Å². The number of aliphatic hydroxyl groups is 1. The lowest BCUT2D eigenvalue weighted by Crippen LogP contribution is -2.50. The van der Waals surface area contributed by atoms with Crippen LogP contribution >= 0.6 is 11.8 Å². The molecule has 0 aliphatic carbocycles. The number of hydrogen-bond acceptors (Lipinski definition) is 6. The van der Waals surface area contributed by atoms with E-state index in [1.807, 2.05) is 66.7 Å². The van der Waals surface area contributed by atoms with E-state index < -0.39 is 12.1 Å². The Morgan fingerprint density at radius 1 is 0.872 bits per heavy atom. The summed E-state index contributed by atoms with van der Waals surface area (Å²) in [5.74, 6) is -0.572. The highest BCUT2D eigenvalue weighted by Crippen LogP contribution is 2.47. The van der Waals surface area contributed by atoms with Gasteiger partial charge in [0.25, 0.3) is 0 Å². The van der Waals surface area contributed by atoms with Crippen LogP contribution in [0.1, 0.15) is 12.0 Å². The molecule has 0 spiro atoms. The first-order valence-corrected chi connectivity index (χ1v) is 13.9. The SMILES string of the molecule is NC[C@@H](O)CNC(=O)C(Cc1ccc2ccccc2c1)NC(=O)CCN1c2ccccc2Sc2ccccc21. The van der Waals surface area contributed by atoms with E-state index in [4.69, 9.17) is 5.73 Å². The van der Waals surface area contributed by atoms with Crippen molar-refractivity contribution in [1.82, 2.24) is 10.6 Å². The summed E-state index contributed by atoms with van der Waals surface area (Å²) in [6.07, 6.45) is -0.309. The minimum atomic E-state index is -0.844. The van der Waals surface area contributed by atoms with Gasteiger partial charge in [-0.25, -0.2) is 0 Å². The molecule has 4 aromatic carbocycles. The Morgan fingerprint density at radius 2 is 1.51 bits per heavy atom. The zero-order valence-corrected chi connectivity index (χ0v) is 22.4. The fourth-order valence-electron chi connectivity index (χ4n) is 4.74. The number of rotatable bonds is 10. The molecule has 8 heteroatoms. The Morgan fingerprint density at radius 3 is 2.21 bits per heavy atom. The maximum absolute atomic E-state index is 13.2. The van der Waals surface area contributed by atoms with Crippen molar-refractivity contribution < 1.29 is 14.7 Å². The number of carbonyl (C=O) groups is 2. The molecule has 0 fully saturated rings. The summed E-state index contributed by atoms with van der Waals surface area (Å²) in [6, 6.07) is 29.6. The molecule has 0 bridgehead atoms. The van der Waals surface area contributed by atoms with Crippen LogP contribution in [0.3, 0.4) is 0 Å². The zero-order chi connectivity index (χ0) is 27.2. The molecule has 4 aromatic rings. The van der Waals surface area contributed by atoms with Gasteiger partial charge in [-0.1, -0.05) is 78.5 Å². The molecular weight excluding hydrogens is 508 g/mol. The standard InChI is InChI=1S/C31H32N4O3S/c32-19-24(36)20-33-31(38)25(18-21-13-14-22-7-1-2-8-23(22)17-21)34-30(37)15-16-35-26-9-3-5-11-28(26)39-29-12-6-4-10-27(29)35/h1-14,17,24-25,36H,15-16,18-20,32H2,(H,33,38)(H,34,37)/t24-,25?/m1/s1. The molecule has 0 aromatic heterocycles. The third-order valence-electron chi connectivity index (χ3n) is 6.78. The minimum Gasteiger partial charge on any atom is -0.390 e. The van der Waals surface area contributed by atoms with Crippen LogP contribution in [0, 0.1) is 0 Å². The quantitative estimate of drug-likeness (QED) is 0.242. The Balaban J connectivity index is 1.30. The summed E-state index contributed by atoms with van der Waals surface area (Å²) >= 11 is 1.72. The van der Waals surface area contributed by atoms with Crippen LogP contribution in [0.2, 0.25) is 0 Å². The van der Waals surface area contributed by atoms with Crippen LogP contribution in [0.4, 0.5) is 11.4 Å². The molecule has 0 saturated carbocycles. The maximum atomic E-state index is 13.2. The highest BCUT2D eigenvalue weighted by molar-refractivity contribution is 7.99. The van der Waals surface area contributed by atoms with Crippen LogP contribution in [-0.4, -0.2) is 48.7 Å². The zero-order valence-electron chi connectivity index (χ0n) is 21.5. The smallest absolute Gasteiger partial charge is 0.243 e. The van der Waals surface area contributed by atoms with Crippen LogP contribution in [0.15, 0.2) is 101 Å². The molecule has 2 atom stereocenters. The summed E-state index contributed by atoms with van der Waals surface area (Å²) in [7, 11) is 0. The van der Waals surface area contributed by atoms with E-state index in [1.54, 1.807) is 11.8 Å². The van der Waals surface area contributed by atoms with Crippen LogP contribution < -0.4 is 21.3 Å². The number of fused-ring (bicyclic) bond motifs is 3. The van der Waals surface area contributed by atoms with E-state index in [0.29, 0.717) is 13.0 Å². The summed E-state index contributed by atoms with van der Waals surface area (Å²) in [4.78, 5) is 30.8. The van der Waals surface area contributed by atoms with Crippen LogP contribution in [0.25, 0.3) is 10.8 Å². The highest BCUT2D eigenvalue weighted by atomic mass is 32.2. The molecule has 0 radical (unpaired) electrons. The number of benzene rings is 4. The molecule has 0 saturated heterocycles. The number of nitrogens with two attached hydrogens (primary N) is 1. The van der Waals surface area contributed by atoms with Gasteiger partial charge >= 0.3 is 0 Å². The van der Waals surface area contributed by atoms with Crippen molar-refractivity contribution in [3.8, 4) is 0 Å². The molecule has 7 nitrogen and oxygen atoms in total. The Hall–Kier alpha value is -3.85. The lowest BCUT2D eigenvalue weighted by molar-refractivity contribution is -0.129. The van der Waals surface area contributed by atoms with Gasteiger partial charge in [-0.3, -0.25) is 9.59 Å². The molecule has 1 heterocycles. The van der Waals surface area contributed by atoms with Gasteiger partial charge in [0.05, 0.1) is 17.5 Å². The van der Waals surface area contributed by atoms with E-state index in [-0.39, 0.29) is 31.3 Å². The molecule has 1 aliphatic rings. The van der Waals surface area contributed by atoms with Crippen LogP contribution in [-0.2, 0) is 16.0 Å². The predicted octanol–water partition coefficient (Wildman–Crippen LogP) is 4.00. The lowest BCUT2D eigenvalue weighted by Gasteiger charge is -2.32. The summed E-state index contributed by atoms with van der Waals surface area (Å²) < 4.78 is 0. The average Bonchev–Trinajstić information content (AvgIpc) is 2.97. The molecule has 1 aliphatic heterocycles. The van der Waals surface area contributed by atoms with Gasteiger partial charge in [-0.15, -0.1) is 0 Å². The van der Waals surface area contributed by atoms with Crippen molar-refractivity contribution in [1.29, 1.82) is 0 Å². The Bertz CT molecular complexity index is 1430. The number of carbonyl (C=O) groups excluding carboxylic acids is 2. The normalized spacial score (nSPS) is 13.7. The van der Waals surface area contributed by atoms with E-state index in [1.165, 1.54) is 0 Å². The van der Waals surface area contributed by atoms with Gasteiger partial charge in [0.2, 0.25) is 11.8 Å². The average molecular weight is 541 g/mol. The van der Waals surface area contributed by atoms with Gasteiger partial charge in [0.15, 0.2) is 0 Å². The second-order valence-corrected chi connectivity index (χ2v) is 10.7. The number of para-hydroxylation sites is 2. The molecular formula is C31H32N4O3S. The minimum absolute atomic E-state index is 0.0262. The van der Waals surface area contributed by atoms with Gasteiger partial charge in [0, 0.05) is 42.3 Å². The Kier molecular flexibility index (Phi) is 8.46. The molecule has 39 heavy (non-hydrogen) atoms. The van der Waals surface area contributed by atoms with Crippen molar-refractivity contribution >= 4 is 45.7 Å². The van der Waals surface area contributed by atoms with Crippen molar-refractivity contribution in [3.05, 3.63) is 96.6 Å². The van der Waals surface area contributed by atoms with Crippen LogP contribution in [0.5, 0.6) is 0 Å². The van der Waals surface area contributed by atoms with Gasteiger partial charge < -0.3 is 26.4 Å². The number of aliphatic hydroxyl groups excluding tert-OH is 1. The monoisotopic (exact) mass is 540 g/mol. The fourth-order valence-corrected chi connectivity index (χ4v) is 5.83.